The van der Waals surface area contributed by atoms with Crippen LogP contribution in [-0.4, -0.2) is 53.8 Å². The predicted octanol–water partition coefficient (Wildman–Crippen LogP) is 3.39. The summed E-state index contributed by atoms with van der Waals surface area (Å²) < 4.78 is 8.14. The molecule has 4 aromatic heterocycles. The molecule has 1 aliphatic carbocycles. The molecule has 4 aromatic rings. The second kappa shape index (κ2) is 8.93. The molecule has 5 rings (SSSR count). The van der Waals surface area contributed by atoms with Crippen molar-refractivity contribution < 1.29 is 9.53 Å². The zero-order chi connectivity index (χ0) is 22.1. The topological polar surface area (TPSA) is 124 Å². The number of carbonyl (C=O) groups excluding carboxylic acids is 1. The maximum Gasteiger partial charge on any atom is 0.280 e. The molecule has 0 aromatic carbocycles. The Morgan fingerprint density at radius 1 is 1.34 bits per heavy atom. The highest BCUT2D eigenvalue weighted by Crippen LogP contribution is 2.34. The van der Waals surface area contributed by atoms with Crippen LogP contribution in [0.5, 0.6) is 0 Å². The fourth-order valence-corrected chi connectivity index (χ4v) is 5.09. The van der Waals surface area contributed by atoms with Crippen LogP contribution < -0.4 is 5.32 Å². The fraction of sp³-hybridized carbons (Fsp3) is 0.400. The van der Waals surface area contributed by atoms with Crippen LogP contribution >= 0.6 is 22.9 Å². The Morgan fingerprint density at radius 2 is 2.25 bits per heavy atom. The molecule has 0 saturated heterocycles. The van der Waals surface area contributed by atoms with Crippen LogP contribution in [0, 0.1) is 0 Å². The van der Waals surface area contributed by atoms with Crippen LogP contribution in [0.4, 0.5) is 0 Å². The number of nitrogens with one attached hydrogen (secondary N) is 2. The van der Waals surface area contributed by atoms with Gasteiger partial charge in [-0.25, -0.2) is 15.0 Å². The summed E-state index contributed by atoms with van der Waals surface area (Å²) in [6, 6.07) is 2.15. The molecule has 1 fully saturated rings. The number of pyridine rings is 1. The Kier molecular flexibility index (Phi) is 5.85. The van der Waals surface area contributed by atoms with Gasteiger partial charge in [0.2, 0.25) is 0 Å². The SMILES string of the molecule is COCc1nc2cnc(-c3nc[nH]n3)cc2n1[C@@H]1CCC[C@H](NC(=O)c2ncc(Cl)s2)C1. The number of halogens is 1. The summed E-state index contributed by atoms with van der Waals surface area (Å²) in [5.74, 6) is 1.18. The molecule has 2 N–H and O–H groups in total. The van der Waals surface area contributed by atoms with Gasteiger partial charge >= 0.3 is 0 Å². The average molecular weight is 473 g/mol. The molecule has 1 saturated carbocycles. The molecule has 1 aliphatic rings. The van der Waals surface area contributed by atoms with E-state index in [9.17, 15) is 4.79 Å². The number of carbonyl (C=O) groups is 1. The first-order valence-corrected chi connectivity index (χ1v) is 11.5. The molecule has 1 amide bonds. The number of fused-ring (bicyclic) bond motifs is 1. The first kappa shape index (κ1) is 21.0. The predicted molar refractivity (Wildman–Crippen MR) is 120 cm³/mol. The lowest BCUT2D eigenvalue weighted by atomic mass is 9.90. The van der Waals surface area contributed by atoms with Gasteiger partial charge in [-0.3, -0.25) is 14.9 Å². The molecule has 0 unspecified atom stereocenters. The van der Waals surface area contributed by atoms with Crippen LogP contribution in [0.3, 0.4) is 0 Å². The van der Waals surface area contributed by atoms with Gasteiger partial charge in [0, 0.05) is 19.2 Å². The number of rotatable bonds is 6. The number of nitrogens with zero attached hydrogens (tertiary/aromatic N) is 6. The average Bonchev–Trinajstić information content (AvgIpc) is 3.53. The van der Waals surface area contributed by atoms with Crippen molar-refractivity contribution in [1.82, 2.24) is 40.0 Å². The number of ether oxygens (including phenoxy) is 1. The van der Waals surface area contributed by atoms with Gasteiger partial charge in [0.1, 0.15) is 34.3 Å². The lowest BCUT2D eigenvalue weighted by molar-refractivity contribution is 0.0919. The molecule has 0 spiro atoms. The first-order valence-electron chi connectivity index (χ1n) is 10.3. The first-order chi connectivity index (χ1) is 15.6. The molecule has 2 atom stereocenters. The number of hydrogen-bond acceptors (Lipinski definition) is 8. The van der Waals surface area contributed by atoms with E-state index >= 15 is 0 Å². The Balaban J connectivity index is 1.44. The van der Waals surface area contributed by atoms with Crippen LogP contribution in [-0.2, 0) is 11.3 Å². The molecule has 0 aliphatic heterocycles. The van der Waals surface area contributed by atoms with Crippen molar-refractivity contribution in [2.24, 2.45) is 0 Å². The summed E-state index contributed by atoms with van der Waals surface area (Å²) in [4.78, 5) is 30.1. The van der Waals surface area contributed by atoms with E-state index in [0.29, 0.717) is 27.5 Å². The Hall–Kier alpha value is -2.89. The minimum Gasteiger partial charge on any atom is -0.377 e. The fourth-order valence-electron chi connectivity index (χ4n) is 4.28. The highest BCUT2D eigenvalue weighted by atomic mass is 35.5. The number of thiazole rings is 1. The van der Waals surface area contributed by atoms with E-state index in [1.165, 1.54) is 23.9 Å². The molecule has 32 heavy (non-hydrogen) atoms. The minimum atomic E-state index is -0.184. The quantitative estimate of drug-likeness (QED) is 0.440. The van der Waals surface area contributed by atoms with Gasteiger partial charge in [-0.1, -0.05) is 22.9 Å². The number of H-pyrrole nitrogens is 1. The van der Waals surface area contributed by atoms with E-state index in [2.05, 4.69) is 35.0 Å². The maximum absolute atomic E-state index is 12.6. The number of imidazole rings is 1. The summed E-state index contributed by atoms with van der Waals surface area (Å²) in [7, 11) is 1.66. The third-order valence-corrected chi connectivity index (χ3v) is 6.70. The van der Waals surface area contributed by atoms with Crippen LogP contribution in [0.15, 0.2) is 24.8 Å². The van der Waals surface area contributed by atoms with Crippen molar-refractivity contribution in [3.63, 3.8) is 0 Å². The Bertz CT molecular complexity index is 1240. The number of amides is 1. The van der Waals surface area contributed by atoms with E-state index in [1.54, 1.807) is 13.3 Å². The minimum absolute atomic E-state index is 0.0334. The summed E-state index contributed by atoms with van der Waals surface area (Å²) in [5.41, 5.74) is 2.42. The van der Waals surface area contributed by atoms with Crippen molar-refractivity contribution in [1.29, 1.82) is 0 Å². The smallest absolute Gasteiger partial charge is 0.280 e. The molecule has 4 heterocycles. The zero-order valence-corrected chi connectivity index (χ0v) is 18.9. The van der Waals surface area contributed by atoms with Crippen molar-refractivity contribution >= 4 is 39.9 Å². The van der Waals surface area contributed by atoms with Gasteiger partial charge in [-0.05, 0) is 31.7 Å². The van der Waals surface area contributed by atoms with Gasteiger partial charge in [0.15, 0.2) is 10.8 Å². The zero-order valence-electron chi connectivity index (χ0n) is 17.3. The Morgan fingerprint density at radius 3 is 3.00 bits per heavy atom. The monoisotopic (exact) mass is 472 g/mol. The number of methoxy groups -OCH3 is 1. The van der Waals surface area contributed by atoms with Crippen molar-refractivity contribution in [3.8, 4) is 11.5 Å². The third kappa shape index (κ3) is 4.10. The number of aromatic nitrogens is 7. The molecule has 10 nitrogen and oxygen atoms in total. The van der Waals surface area contributed by atoms with Gasteiger partial charge < -0.3 is 14.6 Å². The summed E-state index contributed by atoms with van der Waals surface area (Å²) in [6.45, 7) is 0.385. The lowest BCUT2D eigenvalue weighted by Crippen LogP contribution is -2.39. The normalized spacial score (nSPS) is 18.8. The van der Waals surface area contributed by atoms with E-state index in [1.807, 2.05) is 6.07 Å². The van der Waals surface area contributed by atoms with E-state index in [0.717, 1.165) is 42.5 Å². The maximum atomic E-state index is 12.6. The Labute approximate surface area is 192 Å². The third-order valence-electron chi connectivity index (χ3n) is 5.59. The highest BCUT2D eigenvalue weighted by molar-refractivity contribution is 7.17. The van der Waals surface area contributed by atoms with Crippen molar-refractivity contribution in [3.05, 3.63) is 40.0 Å². The van der Waals surface area contributed by atoms with Crippen LogP contribution in [0.2, 0.25) is 4.34 Å². The van der Waals surface area contributed by atoms with Gasteiger partial charge in [0.25, 0.3) is 5.91 Å². The molecule has 0 bridgehead atoms. The summed E-state index contributed by atoms with van der Waals surface area (Å²) >= 11 is 7.11. The lowest BCUT2D eigenvalue weighted by Gasteiger charge is -2.31. The molecular formula is C20H21ClN8O2S. The largest absolute Gasteiger partial charge is 0.377 e. The van der Waals surface area contributed by atoms with Gasteiger partial charge in [-0.15, -0.1) is 0 Å². The van der Waals surface area contributed by atoms with Gasteiger partial charge in [0.05, 0.1) is 17.9 Å². The number of hydrogen-bond donors (Lipinski definition) is 2. The second-order valence-electron chi connectivity index (χ2n) is 7.67. The number of aromatic amines is 1. The summed E-state index contributed by atoms with van der Waals surface area (Å²) in [5, 5.41) is 10.4. The van der Waals surface area contributed by atoms with Crippen molar-refractivity contribution in [2.45, 2.75) is 44.4 Å². The van der Waals surface area contributed by atoms with E-state index in [4.69, 9.17) is 21.3 Å². The van der Waals surface area contributed by atoms with Crippen molar-refractivity contribution in [2.75, 3.05) is 7.11 Å². The van der Waals surface area contributed by atoms with E-state index < -0.39 is 0 Å². The molecular weight excluding hydrogens is 452 g/mol. The standard InChI is InChI=1S/C20H21ClN8O2S/c1-31-9-17-27-14-7-22-13(18-24-10-25-28-18)6-15(14)29(17)12-4-2-3-11(5-12)26-19(30)20-23-8-16(21)32-20/h6-8,10-12H,2-5,9H2,1H3,(H,26,30)(H,24,25,28)/t11-,12+/m0/s1. The highest BCUT2D eigenvalue weighted by Gasteiger charge is 2.28. The molecule has 12 heteroatoms. The van der Waals surface area contributed by atoms with E-state index in [-0.39, 0.29) is 18.0 Å². The summed E-state index contributed by atoms with van der Waals surface area (Å²) in [6.07, 6.45) is 8.43. The van der Waals surface area contributed by atoms with Crippen LogP contribution in [0.1, 0.15) is 47.4 Å². The molecule has 166 valence electrons. The molecule has 0 radical (unpaired) electrons. The van der Waals surface area contributed by atoms with Gasteiger partial charge in [-0.2, -0.15) is 5.10 Å². The van der Waals surface area contributed by atoms with Crippen LogP contribution in [0.25, 0.3) is 22.6 Å². The second-order valence-corrected chi connectivity index (χ2v) is 9.33.